The minimum Gasteiger partial charge on any atom is -0.496 e. The molecule has 12 heteroatoms. The van der Waals surface area contributed by atoms with Crippen molar-refractivity contribution in [1.82, 2.24) is 10.3 Å². The zero-order valence-electron chi connectivity index (χ0n) is 14.8. The average molecular weight is 402 g/mol. The van der Waals surface area contributed by atoms with Crippen LogP contribution < -0.4 is 26.8 Å². The Morgan fingerprint density at radius 1 is 1.28 bits per heavy atom. The summed E-state index contributed by atoms with van der Waals surface area (Å²) in [7, 11) is 1.10. The highest BCUT2D eigenvalue weighted by atomic mass is 19.4. The van der Waals surface area contributed by atoms with Gasteiger partial charge in [0.05, 0.1) is 18.4 Å². The van der Waals surface area contributed by atoms with E-state index in [4.69, 9.17) is 21.5 Å². The number of rotatable bonds is 2. The van der Waals surface area contributed by atoms with Gasteiger partial charge in [-0.2, -0.15) is 23.7 Å². The van der Waals surface area contributed by atoms with Crippen LogP contribution in [0.2, 0.25) is 0 Å². The van der Waals surface area contributed by atoms with Gasteiger partial charge in [-0.3, -0.25) is 5.32 Å². The topological polar surface area (TPSA) is 158 Å². The molecule has 1 atom stereocenters. The number of nitriles is 2. The minimum absolute atomic E-state index is 0.0180. The number of hydrogen-bond acceptors (Lipinski definition) is 9. The van der Waals surface area contributed by atoms with Crippen molar-refractivity contribution in [3.63, 3.8) is 0 Å². The molecule has 29 heavy (non-hydrogen) atoms. The smallest absolute Gasteiger partial charge is 0.419 e. The molecule has 0 fully saturated rings. The monoisotopic (exact) mass is 402 g/mol. The van der Waals surface area contributed by atoms with Crippen molar-refractivity contribution in [1.29, 1.82) is 10.5 Å². The summed E-state index contributed by atoms with van der Waals surface area (Å²) in [5, 5.41) is 23.2. The summed E-state index contributed by atoms with van der Waals surface area (Å²) in [6.07, 6.45) is -3.02. The molecule has 1 aliphatic heterocycles. The van der Waals surface area contributed by atoms with Crippen LogP contribution in [0.1, 0.15) is 28.3 Å². The number of nitrogens with zero attached hydrogens (tertiary/aromatic N) is 4. The number of alkyl halides is 3. The number of guanidine groups is 1. The van der Waals surface area contributed by atoms with Crippen molar-refractivity contribution >= 4 is 23.3 Å². The lowest BCUT2D eigenvalue weighted by Gasteiger charge is -2.27. The Balaban J connectivity index is 2.33. The number of nitrogens with one attached hydrogen (secondary N) is 2. The fourth-order valence-corrected chi connectivity index (χ4v) is 3.03. The maximum Gasteiger partial charge on any atom is 0.419 e. The first-order chi connectivity index (χ1) is 13.7. The molecule has 0 saturated heterocycles. The number of aliphatic imine (C=N–C) groups is 1. The summed E-state index contributed by atoms with van der Waals surface area (Å²) in [6.45, 7) is 0. The Bertz CT molecular complexity index is 1100. The standard InChI is InChI=1S/C17H13F3N8O/c1-29-13-7(3-2-4-9(13)17(18,19)20)12-10-11(23)8(5-21)14(24)27-15(10)28-16(26-12)25-6-22/h2-4,12H,1H3,(H6,23,24,25,26,27,28). The average Bonchev–Trinajstić information content (AvgIpc) is 2.66. The van der Waals surface area contributed by atoms with E-state index < -0.39 is 23.5 Å². The van der Waals surface area contributed by atoms with Crippen molar-refractivity contribution in [3.05, 3.63) is 40.5 Å². The number of halogens is 3. The molecule has 0 amide bonds. The molecule has 148 valence electrons. The number of para-hydroxylation sites is 1. The van der Waals surface area contributed by atoms with E-state index in [2.05, 4.69) is 20.6 Å². The second-order valence-corrected chi connectivity index (χ2v) is 5.83. The van der Waals surface area contributed by atoms with Gasteiger partial charge in [0, 0.05) is 11.1 Å². The molecule has 2 heterocycles. The molecule has 0 bridgehead atoms. The van der Waals surface area contributed by atoms with Crippen LogP contribution in [0.4, 0.5) is 30.5 Å². The Labute approximate surface area is 162 Å². The summed E-state index contributed by atoms with van der Waals surface area (Å²) >= 11 is 0. The van der Waals surface area contributed by atoms with Gasteiger partial charge in [-0.1, -0.05) is 12.1 Å². The molecule has 9 nitrogen and oxygen atoms in total. The third-order valence-electron chi connectivity index (χ3n) is 4.21. The van der Waals surface area contributed by atoms with Crippen LogP contribution in [0.25, 0.3) is 0 Å². The van der Waals surface area contributed by atoms with E-state index in [0.717, 1.165) is 13.2 Å². The van der Waals surface area contributed by atoms with Crippen molar-refractivity contribution in [2.45, 2.75) is 12.2 Å². The summed E-state index contributed by atoms with van der Waals surface area (Å²) < 4.78 is 45.4. The lowest BCUT2D eigenvalue weighted by atomic mass is 9.93. The number of pyridine rings is 1. The number of aromatic nitrogens is 1. The lowest BCUT2D eigenvalue weighted by molar-refractivity contribution is -0.138. The second kappa shape index (κ2) is 7.09. The van der Waals surface area contributed by atoms with Crippen LogP contribution in [0.15, 0.2) is 23.2 Å². The molecule has 0 aliphatic carbocycles. The Kier molecular flexibility index (Phi) is 4.78. The van der Waals surface area contributed by atoms with Crippen LogP contribution in [0.3, 0.4) is 0 Å². The normalized spacial score (nSPS) is 15.2. The maximum absolute atomic E-state index is 13.4. The summed E-state index contributed by atoms with van der Waals surface area (Å²) in [5.74, 6) is -0.673. The van der Waals surface area contributed by atoms with Gasteiger partial charge in [0.2, 0.25) is 5.96 Å². The van der Waals surface area contributed by atoms with Crippen LogP contribution in [0.5, 0.6) is 5.75 Å². The lowest BCUT2D eigenvalue weighted by Crippen LogP contribution is -2.33. The number of nitrogen functional groups attached to an aromatic ring is 2. The molecule has 1 aromatic carbocycles. The van der Waals surface area contributed by atoms with Gasteiger partial charge in [-0.05, 0) is 6.07 Å². The Morgan fingerprint density at radius 2 is 2.00 bits per heavy atom. The van der Waals surface area contributed by atoms with Crippen LogP contribution in [-0.4, -0.2) is 18.1 Å². The Hall–Kier alpha value is -4.19. The van der Waals surface area contributed by atoms with Crippen LogP contribution >= 0.6 is 0 Å². The summed E-state index contributed by atoms with van der Waals surface area (Å²) in [4.78, 5) is 8.29. The number of fused-ring (bicyclic) bond motifs is 1. The third-order valence-corrected chi connectivity index (χ3v) is 4.21. The van der Waals surface area contributed by atoms with Gasteiger partial charge in [-0.15, -0.1) is 0 Å². The first-order valence-corrected chi connectivity index (χ1v) is 7.95. The fraction of sp³-hybridized carbons (Fsp3) is 0.176. The van der Waals surface area contributed by atoms with E-state index in [-0.39, 0.29) is 40.0 Å². The first-order valence-electron chi connectivity index (χ1n) is 7.95. The SMILES string of the molecule is COc1c(C2N=C(NC#N)Nc3nc(N)c(C#N)c(N)c32)cccc1C(F)(F)F. The first kappa shape index (κ1) is 19.6. The van der Waals surface area contributed by atoms with E-state index in [1.54, 1.807) is 6.19 Å². The van der Waals surface area contributed by atoms with E-state index in [0.29, 0.717) is 0 Å². The molecule has 6 N–H and O–H groups in total. The minimum atomic E-state index is -4.68. The van der Waals surface area contributed by atoms with Crippen LogP contribution in [-0.2, 0) is 6.18 Å². The van der Waals surface area contributed by atoms with E-state index in [1.807, 2.05) is 6.07 Å². The molecule has 1 aliphatic rings. The number of anilines is 3. The van der Waals surface area contributed by atoms with Crippen molar-refractivity contribution in [2.24, 2.45) is 4.99 Å². The molecular formula is C17H13F3N8O. The molecule has 2 aromatic rings. The van der Waals surface area contributed by atoms with Crippen molar-refractivity contribution in [2.75, 3.05) is 23.9 Å². The van der Waals surface area contributed by atoms with E-state index in [9.17, 15) is 18.4 Å². The van der Waals surface area contributed by atoms with E-state index in [1.165, 1.54) is 12.1 Å². The molecule has 1 aromatic heterocycles. The van der Waals surface area contributed by atoms with Gasteiger partial charge in [0.15, 0.2) is 6.19 Å². The molecule has 0 radical (unpaired) electrons. The number of nitrogens with two attached hydrogens (primary N) is 2. The number of ether oxygens (including phenoxy) is 1. The predicted molar refractivity (Wildman–Crippen MR) is 97.4 cm³/mol. The highest BCUT2D eigenvalue weighted by Crippen LogP contribution is 2.46. The summed E-state index contributed by atoms with van der Waals surface area (Å²) in [5.41, 5.74) is 10.7. The second-order valence-electron chi connectivity index (χ2n) is 5.83. The van der Waals surface area contributed by atoms with Crippen molar-refractivity contribution in [3.8, 4) is 18.0 Å². The van der Waals surface area contributed by atoms with Gasteiger partial charge in [0.1, 0.15) is 35.1 Å². The number of methoxy groups -OCH3 is 1. The Morgan fingerprint density at radius 3 is 2.59 bits per heavy atom. The predicted octanol–water partition coefficient (Wildman–Crippen LogP) is 2.09. The van der Waals surface area contributed by atoms with Crippen LogP contribution in [0, 0.1) is 22.8 Å². The maximum atomic E-state index is 13.4. The zero-order chi connectivity index (χ0) is 21.3. The number of hydrogen-bond donors (Lipinski definition) is 4. The summed E-state index contributed by atoms with van der Waals surface area (Å²) in [6, 6.07) is 4.11. The van der Waals surface area contributed by atoms with Gasteiger partial charge in [-0.25, -0.2) is 9.98 Å². The zero-order valence-corrected chi connectivity index (χ0v) is 14.8. The fourth-order valence-electron chi connectivity index (χ4n) is 3.03. The molecule has 0 saturated carbocycles. The molecular weight excluding hydrogens is 389 g/mol. The molecule has 0 spiro atoms. The van der Waals surface area contributed by atoms with Gasteiger partial charge in [0.25, 0.3) is 0 Å². The number of benzene rings is 1. The third kappa shape index (κ3) is 3.27. The van der Waals surface area contributed by atoms with E-state index >= 15 is 0 Å². The molecule has 3 rings (SSSR count). The molecule has 1 unspecified atom stereocenters. The van der Waals surface area contributed by atoms with Crippen molar-refractivity contribution < 1.29 is 17.9 Å². The quantitative estimate of drug-likeness (QED) is 0.439. The van der Waals surface area contributed by atoms with Gasteiger partial charge >= 0.3 is 6.18 Å². The highest BCUT2D eigenvalue weighted by Gasteiger charge is 2.38. The highest BCUT2D eigenvalue weighted by molar-refractivity contribution is 5.98. The van der Waals surface area contributed by atoms with Gasteiger partial charge < -0.3 is 21.5 Å². The largest absolute Gasteiger partial charge is 0.496 e.